The zero-order valence-corrected chi connectivity index (χ0v) is 20.7. The molecule has 3 aromatic rings. The number of nitrogens with zero attached hydrogens (tertiary/aromatic N) is 2. The molecule has 1 aliphatic carbocycles. The van der Waals surface area contributed by atoms with Gasteiger partial charge in [-0.2, -0.15) is 18.3 Å². The monoisotopic (exact) mass is 509 g/mol. The lowest BCUT2D eigenvalue weighted by atomic mass is 9.95. The molecule has 1 aromatic carbocycles. The maximum absolute atomic E-state index is 13.7. The number of rotatable bonds is 6. The molecule has 4 rings (SSSR count). The fourth-order valence-electron chi connectivity index (χ4n) is 4.29. The molecule has 0 radical (unpaired) electrons. The zero-order chi connectivity index (χ0) is 25.4. The highest BCUT2D eigenvalue weighted by atomic mass is 32.2. The summed E-state index contributed by atoms with van der Waals surface area (Å²) in [6.45, 7) is 4.82. The summed E-state index contributed by atoms with van der Waals surface area (Å²) in [5.41, 5.74) is 0.876. The Balaban J connectivity index is 1.62. The summed E-state index contributed by atoms with van der Waals surface area (Å²) in [7, 11) is -1.91. The number of fused-ring (bicyclic) bond motifs is 1. The van der Waals surface area contributed by atoms with Gasteiger partial charge in [0, 0.05) is 11.9 Å². The summed E-state index contributed by atoms with van der Waals surface area (Å²) < 4.78 is 56.8. The first kappa shape index (κ1) is 25.4. The molecule has 1 saturated carbocycles. The van der Waals surface area contributed by atoms with Gasteiger partial charge < -0.3 is 10.3 Å². The molecule has 0 spiro atoms. The minimum absolute atomic E-state index is 0.0592. The maximum Gasteiger partial charge on any atom is 0.408 e. The number of benzene rings is 1. The van der Waals surface area contributed by atoms with E-state index in [1.54, 1.807) is 27.0 Å². The first-order chi connectivity index (χ1) is 16.4. The van der Waals surface area contributed by atoms with Gasteiger partial charge in [-0.3, -0.25) is 9.48 Å². The zero-order valence-electron chi connectivity index (χ0n) is 19.9. The van der Waals surface area contributed by atoms with Crippen LogP contribution in [-0.2, 0) is 11.0 Å². The molecule has 2 aromatic heterocycles. The summed E-state index contributed by atoms with van der Waals surface area (Å²) in [6, 6.07) is 5.60. The highest BCUT2D eigenvalue weighted by molar-refractivity contribution is 7.84. The fraction of sp³-hybridized carbons (Fsp3) is 0.500. The first-order valence-electron chi connectivity index (χ1n) is 11.7. The van der Waals surface area contributed by atoms with Gasteiger partial charge in [-0.15, -0.1) is 0 Å². The van der Waals surface area contributed by atoms with Crippen molar-refractivity contribution in [1.82, 2.24) is 19.5 Å². The molecule has 0 amide bonds. The molecule has 11 heteroatoms. The summed E-state index contributed by atoms with van der Waals surface area (Å²) in [6.07, 6.45) is 2.33. The lowest BCUT2D eigenvalue weighted by Crippen LogP contribution is -2.41. The summed E-state index contributed by atoms with van der Waals surface area (Å²) in [5, 5.41) is 8.20. The second kappa shape index (κ2) is 9.77. The normalized spacial score (nSPS) is 17.4. The van der Waals surface area contributed by atoms with Crippen LogP contribution in [0.15, 0.2) is 41.3 Å². The number of pyridine rings is 1. The van der Waals surface area contributed by atoms with Crippen molar-refractivity contribution in [2.45, 2.75) is 75.9 Å². The number of alkyl halides is 3. The third-order valence-electron chi connectivity index (χ3n) is 6.17. The van der Waals surface area contributed by atoms with Crippen LogP contribution in [-0.4, -0.2) is 29.9 Å². The van der Waals surface area contributed by atoms with Gasteiger partial charge in [-0.25, -0.2) is 8.93 Å². The van der Waals surface area contributed by atoms with E-state index in [0.717, 1.165) is 31.2 Å². The van der Waals surface area contributed by atoms with Crippen LogP contribution in [0.4, 0.5) is 24.7 Å². The standard InChI is InChI=1S/C24H30F3N5O2S/c1-23(2,3)35(34)31-20(24(25,26)27)15-9-11-16(12-10-15)29-21-19-18(13-14-28-22(19)33)32(30-21)17-7-5-4-6-8-17/h9-14,17,20,31H,4-8H2,1-3H3,(H,28,33)(H,29,30)/t20-,35?/m0/s1. The Labute approximate surface area is 204 Å². The average molecular weight is 510 g/mol. The topological polar surface area (TPSA) is 91.8 Å². The van der Waals surface area contributed by atoms with Crippen LogP contribution in [0.3, 0.4) is 0 Å². The SMILES string of the molecule is CC(C)(C)S(=O)N[C@@H](c1ccc(Nc2nn(C3CCCCC3)c3cc[nH]c(=O)c23)cc1)C(F)(F)F. The number of nitrogens with one attached hydrogen (secondary N) is 3. The van der Waals surface area contributed by atoms with Crippen molar-refractivity contribution < 1.29 is 17.4 Å². The van der Waals surface area contributed by atoms with Gasteiger partial charge in [-0.1, -0.05) is 31.4 Å². The minimum atomic E-state index is -4.63. The molecule has 3 N–H and O–H groups in total. The van der Waals surface area contributed by atoms with Gasteiger partial charge in [0.15, 0.2) is 5.82 Å². The third kappa shape index (κ3) is 5.61. The van der Waals surface area contributed by atoms with Crippen LogP contribution in [0.1, 0.15) is 70.5 Å². The van der Waals surface area contributed by atoms with Crippen LogP contribution in [0.25, 0.3) is 10.9 Å². The molecular formula is C24H30F3N5O2S. The van der Waals surface area contributed by atoms with E-state index in [4.69, 9.17) is 0 Å². The number of anilines is 2. The number of aromatic amines is 1. The van der Waals surface area contributed by atoms with Crippen LogP contribution < -0.4 is 15.6 Å². The molecule has 7 nitrogen and oxygen atoms in total. The molecule has 0 aliphatic heterocycles. The summed E-state index contributed by atoms with van der Waals surface area (Å²) in [4.78, 5) is 15.3. The highest BCUT2D eigenvalue weighted by Gasteiger charge is 2.43. The van der Waals surface area contributed by atoms with Crippen LogP contribution in [0.5, 0.6) is 0 Å². The maximum atomic E-state index is 13.7. The van der Waals surface area contributed by atoms with Gasteiger partial charge in [0.25, 0.3) is 5.56 Å². The van der Waals surface area contributed by atoms with E-state index in [1.807, 2.05) is 10.7 Å². The molecule has 190 valence electrons. The van der Waals surface area contributed by atoms with E-state index in [1.165, 1.54) is 30.7 Å². The van der Waals surface area contributed by atoms with Gasteiger partial charge in [0.05, 0.1) is 27.3 Å². The average Bonchev–Trinajstić information content (AvgIpc) is 3.17. The Morgan fingerprint density at radius 2 is 1.74 bits per heavy atom. The van der Waals surface area contributed by atoms with Crippen molar-refractivity contribution in [1.29, 1.82) is 0 Å². The molecule has 35 heavy (non-hydrogen) atoms. The van der Waals surface area contributed by atoms with E-state index in [2.05, 4.69) is 20.1 Å². The van der Waals surface area contributed by atoms with Crippen molar-refractivity contribution >= 4 is 33.4 Å². The summed E-state index contributed by atoms with van der Waals surface area (Å²) >= 11 is 0. The quantitative estimate of drug-likeness (QED) is 0.402. The van der Waals surface area contributed by atoms with E-state index in [9.17, 15) is 22.2 Å². The predicted octanol–water partition coefficient (Wildman–Crippen LogP) is 5.63. The van der Waals surface area contributed by atoms with Crippen LogP contribution in [0, 0.1) is 0 Å². The van der Waals surface area contributed by atoms with Gasteiger partial charge in [-0.05, 0) is 57.4 Å². The number of hydrogen-bond acceptors (Lipinski definition) is 4. The van der Waals surface area contributed by atoms with Crippen molar-refractivity contribution in [3.63, 3.8) is 0 Å². The number of H-pyrrole nitrogens is 1. The Hall–Kier alpha value is -2.66. The molecule has 0 bridgehead atoms. The largest absolute Gasteiger partial charge is 0.408 e. The summed E-state index contributed by atoms with van der Waals surface area (Å²) in [5.74, 6) is 0.361. The highest BCUT2D eigenvalue weighted by Crippen LogP contribution is 2.36. The van der Waals surface area contributed by atoms with E-state index >= 15 is 0 Å². The lowest BCUT2D eigenvalue weighted by molar-refractivity contribution is -0.152. The lowest BCUT2D eigenvalue weighted by Gasteiger charge is -2.26. The minimum Gasteiger partial charge on any atom is -0.338 e. The van der Waals surface area contributed by atoms with Crippen LogP contribution >= 0.6 is 0 Å². The first-order valence-corrected chi connectivity index (χ1v) is 12.8. The van der Waals surface area contributed by atoms with Crippen molar-refractivity contribution in [3.05, 3.63) is 52.4 Å². The van der Waals surface area contributed by atoms with Crippen molar-refractivity contribution in [3.8, 4) is 0 Å². The molecule has 0 saturated heterocycles. The van der Waals surface area contributed by atoms with Gasteiger partial charge >= 0.3 is 6.18 Å². The number of hydrogen-bond donors (Lipinski definition) is 3. The fourth-order valence-corrected chi connectivity index (χ4v) is 5.13. The Kier molecular flexibility index (Phi) is 7.10. The van der Waals surface area contributed by atoms with Crippen molar-refractivity contribution in [2.75, 3.05) is 5.32 Å². The second-order valence-electron chi connectivity index (χ2n) is 9.87. The third-order valence-corrected chi connectivity index (χ3v) is 7.73. The Morgan fingerprint density at radius 3 is 2.34 bits per heavy atom. The predicted molar refractivity (Wildman–Crippen MR) is 132 cm³/mol. The number of aromatic nitrogens is 3. The molecule has 1 aliphatic rings. The molecule has 2 heterocycles. The Morgan fingerprint density at radius 1 is 1.09 bits per heavy atom. The van der Waals surface area contributed by atoms with E-state index in [-0.39, 0.29) is 17.2 Å². The Bertz CT molecular complexity index is 1260. The van der Waals surface area contributed by atoms with E-state index < -0.39 is 28.0 Å². The molecule has 1 fully saturated rings. The number of halogens is 3. The molecule has 2 atom stereocenters. The smallest absolute Gasteiger partial charge is 0.338 e. The van der Waals surface area contributed by atoms with Gasteiger partial charge in [0.1, 0.15) is 11.4 Å². The van der Waals surface area contributed by atoms with Gasteiger partial charge in [0.2, 0.25) is 0 Å². The molecule has 1 unspecified atom stereocenters. The van der Waals surface area contributed by atoms with E-state index in [0.29, 0.717) is 16.9 Å². The molecular weight excluding hydrogens is 479 g/mol. The second-order valence-corrected chi connectivity index (χ2v) is 11.9. The van der Waals surface area contributed by atoms with Crippen molar-refractivity contribution in [2.24, 2.45) is 0 Å². The van der Waals surface area contributed by atoms with Crippen LogP contribution in [0.2, 0.25) is 0 Å².